The number of hydrogen-bond acceptors (Lipinski definition) is 2. The van der Waals surface area contributed by atoms with Crippen molar-refractivity contribution in [3.05, 3.63) is 35.4 Å². The third kappa shape index (κ3) is 5.16. The maximum Gasteiger partial charge on any atom is 0.317 e. The number of aryl methyl sites for hydroxylation is 1. The van der Waals surface area contributed by atoms with Crippen LogP contribution in [0.1, 0.15) is 38.7 Å². The number of amides is 2. The van der Waals surface area contributed by atoms with Crippen molar-refractivity contribution in [2.45, 2.75) is 51.7 Å². The highest BCUT2D eigenvalue weighted by Crippen LogP contribution is 2.20. The number of carbonyl (C=O) groups is 1. The van der Waals surface area contributed by atoms with Gasteiger partial charge in [-0.3, -0.25) is 0 Å². The summed E-state index contributed by atoms with van der Waals surface area (Å²) >= 11 is 0. The van der Waals surface area contributed by atoms with Crippen molar-refractivity contribution in [2.24, 2.45) is 5.92 Å². The first-order valence-electron chi connectivity index (χ1n) is 8.54. The fourth-order valence-corrected chi connectivity index (χ4v) is 3.04. The molecule has 1 aliphatic heterocycles. The number of hydrogen-bond donors (Lipinski definition) is 2. The van der Waals surface area contributed by atoms with E-state index in [-0.39, 0.29) is 18.0 Å². The highest BCUT2D eigenvalue weighted by molar-refractivity contribution is 5.74. The number of halogens is 2. The SMILES string of the molecule is CC(CCc1ccc(F)c(F)c1)NC(=O)N1CCCC(C(C)O)C1. The van der Waals surface area contributed by atoms with E-state index in [0.717, 1.165) is 18.9 Å². The lowest BCUT2D eigenvalue weighted by atomic mass is 9.94. The van der Waals surface area contributed by atoms with Crippen molar-refractivity contribution in [3.8, 4) is 0 Å². The zero-order valence-electron chi connectivity index (χ0n) is 14.3. The van der Waals surface area contributed by atoms with E-state index in [9.17, 15) is 18.7 Å². The summed E-state index contributed by atoms with van der Waals surface area (Å²) in [6.45, 7) is 4.93. The van der Waals surface area contributed by atoms with Gasteiger partial charge in [0.1, 0.15) is 0 Å². The van der Waals surface area contributed by atoms with Gasteiger partial charge in [0.15, 0.2) is 11.6 Å². The third-order valence-corrected chi connectivity index (χ3v) is 4.65. The van der Waals surface area contributed by atoms with E-state index in [2.05, 4.69) is 5.32 Å². The molecule has 2 rings (SSSR count). The van der Waals surface area contributed by atoms with Crippen LogP contribution in [0.15, 0.2) is 18.2 Å². The minimum atomic E-state index is -0.849. The van der Waals surface area contributed by atoms with Crippen molar-refractivity contribution >= 4 is 6.03 Å². The van der Waals surface area contributed by atoms with Crippen LogP contribution in [-0.4, -0.2) is 41.3 Å². The highest BCUT2D eigenvalue weighted by Gasteiger charge is 2.26. The summed E-state index contributed by atoms with van der Waals surface area (Å²) in [5.41, 5.74) is 0.710. The summed E-state index contributed by atoms with van der Waals surface area (Å²) in [4.78, 5) is 14.1. The fourth-order valence-electron chi connectivity index (χ4n) is 3.04. The lowest BCUT2D eigenvalue weighted by Gasteiger charge is -2.34. The molecule has 134 valence electrons. The van der Waals surface area contributed by atoms with E-state index >= 15 is 0 Å². The van der Waals surface area contributed by atoms with Crippen LogP contribution < -0.4 is 5.32 Å². The predicted octanol–water partition coefficient (Wildman–Crippen LogP) is 3.09. The number of aliphatic hydroxyl groups excluding tert-OH is 1. The van der Waals surface area contributed by atoms with Crippen molar-refractivity contribution in [1.82, 2.24) is 10.2 Å². The number of carbonyl (C=O) groups excluding carboxylic acids is 1. The summed E-state index contributed by atoms with van der Waals surface area (Å²) in [7, 11) is 0. The van der Waals surface area contributed by atoms with Gasteiger partial charge in [-0.1, -0.05) is 6.07 Å². The molecule has 3 unspecified atom stereocenters. The van der Waals surface area contributed by atoms with E-state index in [1.807, 2.05) is 6.92 Å². The molecule has 2 amide bonds. The predicted molar refractivity (Wildman–Crippen MR) is 88.7 cm³/mol. The van der Waals surface area contributed by atoms with Gasteiger partial charge in [-0.25, -0.2) is 13.6 Å². The molecule has 4 nitrogen and oxygen atoms in total. The Morgan fingerprint density at radius 3 is 2.79 bits per heavy atom. The first-order valence-corrected chi connectivity index (χ1v) is 8.54. The Morgan fingerprint density at radius 2 is 2.12 bits per heavy atom. The van der Waals surface area contributed by atoms with Gasteiger partial charge in [-0.2, -0.15) is 0 Å². The Hall–Kier alpha value is -1.69. The van der Waals surface area contributed by atoms with Gasteiger partial charge in [-0.05, 0) is 57.2 Å². The smallest absolute Gasteiger partial charge is 0.317 e. The Labute approximate surface area is 141 Å². The first-order chi connectivity index (χ1) is 11.4. The van der Waals surface area contributed by atoms with Gasteiger partial charge in [-0.15, -0.1) is 0 Å². The van der Waals surface area contributed by atoms with E-state index in [4.69, 9.17) is 0 Å². The molecule has 1 aromatic carbocycles. The molecule has 1 aliphatic rings. The van der Waals surface area contributed by atoms with Crippen LogP contribution in [0.2, 0.25) is 0 Å². The minimum absolute atomic E-state index is 0.0717. The van der Waals surface area contributed by atoms with Crippen molar-refractivity contribution in [1.29, 1.82) is 0 Å². The molecular formula is C18H26F2N2O2. The minimum Gasteiger partial charge on any atom is -0.393 e. The van der Waals surface area contributed by atoms with E-state index in [0.29, 0.717) is 31.5 Å². The Kier molecular flexibility index (Phi) is 6.54. The Bertz CT molecular complexity index is 566. The number of likely N-dealkylation sites (tertiary alicyclic amines) is 1. The van der Waals surface area contributed by atoms with Crippen molar-refractivity contribution in [2.75, 3.05) is 13.1 Å². The van der Waals surface area contributed by atoms with Gasteiger partial charge in [0.25, 0.3) is 0 Å². The maximum atomic E-state index is 13.2. The van der Waals surface area contributed by atoms with Crippen LogP contribution in [0.3, 0.4) is 0 Å². The topological polar surface area (TPSA) is 52.6 Å². The molecule has 2 N–H and O–H groups in total. The molecule has 1 saturated heterocycles. The second kappa shape index (κ2) is 8.42. The van der Waals surface area contributed by atoms with Crippen LogP contribution in [0.4, 0.5) is 13.6 Å². The zero-order valence-corrected chi connectivity index (χ0v) is 14.3. The molecule has 0 aliphatic carbocycles. The summed E-state index contributed by atoms with van der Waals surface area (Å²) in [5.74, 6) is -1.57. The normalized spacial score (nSPS) is 20.5. The lowest BCUT2D eigenvalue weighted by Crippen LogP contribution is -2.49. The lowest BCUT2D eigenvalue weighted by molar-refractivity contribution is 0.0734. The molecule has 1 fully saturated rings. The standard InChI is InChI=1S/C18H26F2N2O2/c1-12(5-6-14-7-8-16(19)17(20)10-14)21-18(24)22-9-3-4-15(11-22)13(2)23/h7-8,10,12-13,15,23H,3-6,9,11H2,1-2H3,(H,21,24). The molecule has 1 aromatic rings. The number of rotatable bonds is 5. The van der Waals surface area contributed by atoms with E-state index in [1.54, 1.807) is 17.9 Å². The molecule has 3 atom stereocenters. The monoisotopic (exact) mass is 340 g/mol. The summed E-state index contributed by atoms with van der Waals surface area (Å²) in [6, 6.07) is 3.68. The average Bonchev–Trinajstić information content (AvgIpc) is 2.56. The molecular weight excluding hydrogens is 314 g/mol. The first kappa shape index (κ1) is 18.6. The summed E-state index contributed by atoms with van der Waals surface area (Å²) < 4.78 is 26.1. The molecule has 24 heavy (non-hydrogen) atoms. The molecule has 0 aromatic heterocycles. The van der Waals surface area contributed by atoms with Crippen LogP contribution in [0, 0.1) is 17.6 Å². The van der Waals surface area contributed by atoms with Crippen LogP contribution in [0.25, 0.3) is 0 Å². The van der Waals surface area contributed by atoms with Crippen LogP contribution >= 0.6 is 0 Å². The summed E-state index contributed by atoms with van der Waals surface area (Å²) in [6.07, 6.45) is 2.63. The largest absolute Gasteiger partial charge is 0.393 e. The van der Waals surface area contributed by atoms with Gasteiger partial charge in [0.05, 0.1) is 6.10 Å². The Morgan fingerprint density at radius 1 is 1.38 bits per heavy atom. The number of benzene rings is 1. The third-order valence-electron chi connectivity index (χ3n) is 4.65. The van der Waals surface area contributed by atoms with E-state index in [1.165, 1.54) is 6.07 Å². The zero-order chi connectivity index (χ0) is 17.7. The van der Waals surface area contributed by atoms with Gasteiger partial charge in [0.2, 0.25) is 0 Å². The number of urea groups is 1. The van der Waals surface area contributed by atoms with Crippen molar-refractivity contribution in [3.63, 3.8) is 0 Å². The second-order valence-electron chi connectivity index (χ2n) is 6.73. The summed E-state index contributed by atoms with van der Waals surface area (Å²) in [5, 5.41) is 12.6. The molecule has 0 bridgehead atoms. The molecule has 6 heteroatoms. The highest BCUT2D eigenvalue weighted by atomic mass is 19.2. The number of nitrogens with one attached hydrogen (secondary N) is 1. The molecule has 0 saturated carbocycles. The molecule has 0 spiro atoms. The molecule has 1 heterocycles. The van der Waals surface area contributed by atoms with E-state index < -0.39 is 17.7 Å². The fraction of sp³-hybridized carbons (Fsp3) is 0.611. The Balaban J connectivity index is 1.79. The van der Waals surface area contributed by atoms with Crippen molar-refractivity contribution < 1.29 is 18.7 Å². The molecule has 0 radical (unpaired) electrons. The van der Waals surface area contributed by atoms with Crippen LogP contribution in [0.5, 0.6) is 0 Å². The van der Waals surface area contributed by atoms with Crippen LogP contribution in [-0.2, 0) is 6.42 Å². The average molecular weight is 340 g/mol. The number of nitrogens with zero attached hydrogens (tertiary/aromatic N) is 1. The number of piperidine rings is 1. The number of aliphatic hydroxyl groups is 1. The van der Waals surface area contributed by atoms with Gasteiger partial charge in [0, 0.05) is 25.0 Å². The quantitative estimate of drug-likeness (QED) is 0.865. The van der Waals surface area contributed by atoms with Gasteiger partial charge >= 0.3 is 6.03 Å². The maximum absolute atomic E-state index is 13.2. The second-order valence-corrected chi connectivity index (χ2v) is 6.73. The van der Waals surface area contributed by atoms with Gasteiger partial charge < -0.3 is 15.3 Å².